The zero-order valence-corrected chi connectivity index (χ0v) is 53.0. The van der Waals surface area contributed by atoms with E-state index in [4.69, 9.17) is 36.9 Å². The van der Waals surface area contributed by atoms with Crippen molar-refractivity contribution in [3.05, 3.63) is 121 Å². The molecule has 2 aliphatic rings. The fraction of sp³-hybridized carbons (Fsp3) is 0.310. The van der Waals surface area contributed by atoms with E-state index in [-0.39, 0.29) is 52.9 Å². The standard InChI is InChI=1S/2C24H28N6O5S.C10H8O6S2/c2*1-14-11-30(12-15(2)34-14)13-18-9-26-23(35-18)19-5-16(6-21-20(19)10-27-28-21)17-7-22(29-36(4,31)32)24(33-3)25-8-17;11-17(12,13)9-6-5-7-3-1-2-4-8(7)10(9)18(14,15)16/h2*5-10,14-15,29H,11-13H2,1-4H3,(H,27,28);1-6H,(H,11,12,13)(H,14,15,16)/t2*14-,15+;. The number of hydrogen-bond acceptors (Lipinski definition) is 22. The molecule has 28 nitrogen and oxygen atoms in total. The number of benzene rings is 4. The van der Waals surface area contributed by atoms with Gasteiger partial charge < -0.3 is 27.8 Å². The van der Waals surface area contributed by atoms with Gasteiger partial charge in [0.15, 0.2) is 0 Å². The maximum absolute atomic E-state index is 11.8. The zero-order chi connectivity index (χ0) is 64.5. The summed E-state index contributed by atoms with van der Waals surface area (Å²) >= 11 is 0. The highest BCUT2D eigenvalue weighted by Gasteiger charge is 2.28. The first-order chi connectivity index (χ1) is 42.6. The topological polar surface area (TPSA) is 380 Å². The third-order valence-corrected chi connectivity index (χ3v) is 17.3. The predicted octanol–water partition coefficient (Wildman–Crippen LogP) is 7.87. The van der Waals surface area contributed by atoms with E-state index in [1.807, 2.05) is 24.3 Å². The molecular weight excluding hydrogens is 1250 g/mol. The molecule has 4 atom stereocenters. The summed E-state index contributed by atoms with van der Waals surface area (Å²) in [5.41, 5.74) is 6.52. The van der Waals surface area contributed by atoms with Crippen molar-refractivity contribution in [2.24, 2.45) is 0 Å². The number of nitrogens with one attached hydrogen (secondary N) is 4. The van der Waals surface area contributed by atoms with Crippen LogP contribution in [0.4, 0.5) is 11.4 Å². The number of methoxy groups -OCH3 is 2. The molecule has 0 saturated carbocycles. The molecule has 8 heterocycles. The summed E-state index contributed by atoms with van der Waals surface area (Å²) in [6, 6.07) is 19.3. The van der Waals surface area contributed by atoms with E-state index < -0.39 is 50.1 Å². The number of nitrogens with zero attached hydrogens (tertiary/aromatic N) is 8. The molecule has 0 radical (unpaired) electrons. The second-order valence-corrected chi connectivity index (χ2v) is 28.0. The van der Waals surface area contributed by atoms with E-state index in [0.717, 1.165) is 100 Å². The fourth-order valence-electron chi connectivity index (χ4n) is 10.9. The highest BCUT2D eigenvalue weighted by atomic mass is 32.2. The summed E-state index contributed by atoms with van der Waals surface area (Å²) in [6.45, 7) is 12.9. The van der Waals surface area contributed by atoms with Gasteiger partial charge in [0.1, 0.15) is 32.7 Å². The molecule has 0 unspecified atom stereocenters. The predicted molar refractivity (Wildman–Crippen MR) is 334 cm³/mol. The molecule has 10 aromatic rings. The minimum atomic E-state index is -4.78. The Balaban J connectivity index is 0.000000157. The summed E-state index contributed by atoms with van der Waals surface area (Å²) in [6.07, 6.45) is 13.0. The summed E-state index contributed by atoms with van der Waals surface area (Å²) in [5.74, 6) is 2.83. The largest absolute Gasteiger partial charge is 0.480 e. The van der Waals surface area contributed by atoms with Crippen molar-refractivity contribution in [3.8, 4) is 56.9 Å². The number of morpholine rings is 2. The zero-order valence-electron chi connectivity index (χ0n) is 49.8. The van der Waals surface area contributed by atoms with Gasteiger partial charge in [-0.2, -0.15) is 27.0 Å². The molecule has 90 heavy (non-hydrogen) atoms. The number of ether oxygens (including phenoxy) is 4. The Labute approximate surface area is 518 Å². The van der Waals surface area contributed by atoms with Gasteiger partial charge in [0.2, 0.25) is 43.6 Å². The number of rotatable bonds is 16. The first-order valence-corrected chi connectivity index (χ1v) is 34.4. The van der Waals surface area contributed by atoms with Crippen LogP contribution < -0.4 is 18.9 Å². The van der Waals surface area contributed by atoms with Gasteiger partial charge in [0, 0.05) is 77.0 Å². The van der Waals surface area contributed by atoms with Crippen LogP contribution in [0.3, 0.4) is 0 Å². The summed E-state index contributed by atoms with van der Waals surface area (Å²) in [7, 11) is -13.7. The first-order valence-electron chi connectivity index (χ1n) is 27.7. The number of fused-ring (bicyclic) bond motifs is 3. The van der Waals surface area contributed by atoms with Gasteiger partial charge in [-0.1, -0.05) is 30.3 Å². The quantitative estimate of drug-likeness (QED) is 0.0501. The molecule has 4 aromatic carbocycles. The maximum Gasteiger partial charge on any atom is 0.296 e. The van der Waals surface area contributed by atoms with E-state index >= 15 is 0 Å². The molecule has 476 valence electrons. The van der Waals surface area contributed by atoms with Crippen molar-refractivity contribution in [2.75, 3.05) is 62.4 Å². The number of pyridine rings is 2. The summed E-state index contributed by atoms with van der Waals surface area (Å²) < 4.78 is 150. The van der Waals surface area contributed by atoms with Crippen LogP contribution in [0, 0.1) is 0 Å². The van der Waals surface area contributed by atoms with Gasteiger partial charge in [-0.15, -0.1) is 0 Å². The fourth-order valence-corrected chi connectivity index (χ4v) is 13.9. The number of sulfonamides is 2. The van der Waals surface area contributed by atoms with Crippen molar-refractivity contribution in [3.63, 3.8) is 0 Å². The normalized spacial score (nSPS) is 17.8. The van der Waals surface area contributed by atoms with Crippen LogP contribution >= 0.6 is 0 Å². The second kappa shape index (κ2) is 26.2. The Bertz CT molecular complexity index is 4500. The second-order valence-electron chi connectivity index (χ2n) is 21.8. The van der Waals surface area contributed by atoms with Crippen molar-refractivity contribution >= 4 is 84.2 Å². The lowest BCUT2D eigenvalue weighted by Gasteiger charge is -2.34. The van der Waals surface area contributed by atoms with E-state index in [9.17, 15) is 33.7 Å². The Morgan fingerprint density at radius 3 is 1.37 bits per heavy atom. The van der Waals surface area contributed by atoms with Gasteiger partial charge >= 0.3 is 0 Å². The molecule has 0 spiro atoms. The lowest BCUT2D eigenvalue weighted by Crippen LogP contribution is -2.44. The van der Waals surface area contributed by atoms with E-state index in [1.165, 1.54) is 32.4 Å². The molecule has 0 aliphatic carbocycles. The highest BCUT2D eigenvalue weighted by molar-refractivity contribution is 7.92. The van der Waals surface area contributed by atoms with Crippen molar-refractivity contribution in [1.82, 2.24) is 50.1 Å². The van der Waals surface area contributed by atoms with Gasteiger partial charge in [0.05, 0.1) is 100 Å². The number of hydrogen-bond donors (Lipinski definition) is 6. The lowest BCUT2D eigenvalue weighted by atomic mass is 10.0. The van der Waals surface area contributed by atoms with Crippen molar-refractivity contribution < 1.29 is 70.6 Å². The van der Waals surface area contributed by atoms with Crippen LogP contribution in [0.25, 0.3) is 77.7 Å². The van der Waals surface area contributed by atoms with Gasteiger partial charge in [-0.3, -0.25) is 38.5 Å². The third-order valence-electron chi connectivity index (χ3n) is 14.2. The minimum absolute atomic E-state index is 0.0233. The van der Waals surface area contributed by atoms with E-state index in [0.29, 0.717) is 41.4 Å². The summed E-state index contributed by atoms with van der Waals surface area (Å²) in [5, 5.41) is 16.5. The Morgan fingerprint density at radius 2 is 0.967 bits per heavy atom. The molecule has 2 aliphatic heterocycles. The smallest absolute Gasteiger partial charge is 0.296 e. The summed E-state index contributed by atoms with van der Waals surface area (Å²) in [4.78, 5) is 20.6. The molecule has 0 amide bonds. The third kappa shape index (κ3) is 15.6. The minimum Gasteiger partial charge on any atom is -0.480 e. The lowest BCUT2D eigenvalue weighted by molar-refractivity contribution is -0.0720. The number of H-pyrrole nitrogens is 2. The number of aromatic amines is 2. The first kappa shape index (κ1) is 64.5. The SMILES string of the molecule is COc1ncc(-c2cc(-c3ncc(CN4C[C@@H](C)O[C@@H](C)C4)o3)c3cn[nH]c3c2)cc1NS(C)(=O)=O.COc1ncc(-c2cc(-c3ncc(CN4C[C@@H](C)O[C@@H](C)C4)o3)c3cn[nH]c3c2)cc1NS(C)(=O)=O.O=S(=O)(O)c1ccc2ccccc2c1S(=O)(=O)O. The maximum atomic E-state index is 11.8. The number of aromatic nitrogens is 8. The average Bonchev–Trinajstić information content (AvgIpc) is 1.20. The Kier molecular flexibility index (Phi) is 18.8. The van der Waals surface area contributed by atoms with Crippen LogP contribution in [-0.2, 0) is 62.8 Å². The van der Waals surface area contributed by atoms with Gasteiger partial charge in [-0.05, 0) is 86.7 Å². The average molecular weight is 1310 g/mol. The van der Waals surface area contributed by atoms with Crippen LogP contribution in [-0.4, -0.2) is 170 Å². The molecule has 6 aromatic heterocycles. The monoisotopic (exact) mass is 1310 g/mol. The van der Waals surface area contributed by atoms with E-state index in [2.05, 4.69) is 87.3 Å². The molecular formula is C58H64N12O16S4. The van der Waals surface area contributed by atoms with Crippen molar-refractivity contribution in [2.45, 2.75) is 75.0 Å². The van der Waals surface area contributed by atoms with Crippen LogP contribution in [0.2, 0.25) is 0 Å². The van der Waals surface area contributed by atoms with Crippen molar-refractivity contribution in [1.29, 1.82) is 0 Å². The van der Waals surface area contributed by atoms with Gasteiger partial charge in [0.25, 0.3) is 20.2 Å². The number of oxazole rings is 2. The molecule has 32 heteroatoms. The molecule has 2 fully saturated rings. The molecule has 0 bridgehead atoms. The van der Waals surface area contributed by atoms with Crippen LogP contribution in [0.15, 0.2) is 129 Å². The molecule has 2 saturated heterocycles. The number of anilines is 2. The Hall–Kier alpha value is -8.44. The molecule has 6 N–H and O–H groups in total. The van der Waals surface area contributed by atoms with E-state index in [1.54, 1.807) is 61.4 Å². The van der Waals surface area contributed by atoms with Crippen LogP contribution in [0.5, 0.6) is 11.8 Å². The van der Waals surface area contributed by atoms with Gasteiger partial charge in [-0.25, -0.2) is 36.8 Å². The highest BCUT2D eigenvalue weighted by Crippen LogP contribution is 2.38. The Morgan fingerprint density at radius 1 is 0.533 bits per heavy atom. The van der Waals surface area contributed by atoms with Crippen LogP contribution in [0.1, 0.15) is 39.2 Å². The molecule has 12 rings (SSSR count).